The maximum atomic E-state index is 6.07. The van der Waals surface area contributed by atoms with Crippen molar-refractivity contribution in [3.63, 3.8) is 0 Å². The Bertz CT molecular complexity index is 1620. The van der Waals surface area contributed by atoms with Crippen LogP contribution in [0.5, 0.6) is 5.75 Å². The number of anilines is 2. The third-order valence-corrected chi connectivity index (χ3v) is 8.01. The Morgan fingerprint density at radius 2 is 1.78 bits per heavy atom. The van der Waals surface area contributed by atoms with Gasteiger partial charge in [0.1, 0.15) is 23.7 Å². The van der Waals surface area contributed by atoms with Crippen LogP contribution in [0.25, 0.3) is 28.2 Å². The Labute approximate surface area is 255 Å². The van der Waals surface area contributed by atoms with Crippen LogP contribution >= 0.6 is 28.6 Å². The number of nitrogens with zero attached hydrogens (tertiary/aromatic N) is 4. The molecule has 9 heteroatoms. The van der Waals surface area contributed by atoms with E-state index in [4.69, 9.17) is 9.72 Å². The molecule has 0 aliphatic rings. The monoisotopic (exact) mass is 632 g/mol. The number of hydrogen-bond acceptors (Lipinski definition) is 6. The minimum Gasteiger partial charge on any atom is -0.492 e. The minimum absolute atomic E-state index is 0.649. The normalized spacial score (nSPS) is 11.5. The Balaban J connectivity index is 1.37. The number of thiol groups is 1. The summed E-state index contributed by atoms with van der Waals surface area (Å²) < 4.78 is 9.17. The lowest BCUT2D eigenvalue weighted by atomic mass is 10.2. The first-order chi connectivity index (χ1) is 19.9. The van der Waals surface area contributed by atoms with Gasteiger partial charge in [0.25, 0.3) is 0 Å². The lowest BCUT2D eigenvalue weighted by Gasteiger charge is -2.21. The molecular formula is C32H37BrN6OS. The summed E-state index contributed by atoms with van der Waals surface area (Å²) in [6.07, 6.45) is 4.10. The fraction of sp³-hybridized carbons (Fsp3) is 0.312. The van der Waals surface area contributed by atoms with Gasteiger partial charge >= 0.3 is 0 Å². The van der Waals surface area contributed by atoms with Crippen LogP contribution in [-0.2, 0) is 0 Å². The summed E-state index contributed by atoms with van der Waals surface area (Å²) >= 11 is 8.12. The molecule has 5 aromatic rings. The predicted molar refractivity (Wildman–Crippen MR) is 175 cm³/mol. The van der Waals surface area contributed by atoms with Gasteiger partial charge in [-0.15, -0.1) is 12.6 Å². The summed E-state index contributed by atoms with van der Waals surface area (Å²) in [4.78, 5) is 16.3. The number of fused-ring (bicyclic) bond motifs is 1. The van der Waals surface area contributed by atoms with Crippen molar-refractivity contribution in [3.8, 4) is 22.8 Å². The second-order valence-corrected chi connectivity index (χ2v) is 11.6. The molecule has 214 valence electrons. The van der Waals surface area contributed by atoms with Gasteiger partial charge in [-0.05, 0) is 104 Å². The molecule has 0 saturated heterocycles. The van der Waals surface area contributed by atoms with E-state index in [1.165, 1.54) is 0 Å². The number of pyridine rings is 1. The van der Waals surface area contributed by atoms with Crippen molar-refractivity contribution in [2.45, 2.75) is 45.4 Å². The van der Waals surface area contributed by atoms with Crippen molar-refractivity contribution >= 4 is 51.1 Å². The van der Waals surface area contributed by atoms with Crippen LogP contribution in [0.4, 0.5) is 11.4 Å². The smallest absolute Gasteiger partial charge is 0.180 e. The molecule has 0 amide bonds. The number of imidazole rings is 1. The number of ether oxygens (including phenoxy) is 1. The lowest BCUT2D eigenvalue weighted by molar-refractivity contribution is 0.209. The molecule has 0 saturated carbocycles. The molecule has 41 heavy (non-hydrogen) atoms. The standard InChI is InChI=1S/C32H37BrN6OS/c1-5-14-38(15-6-2)16-17-40-25-12-10-24(11-13-25)39-21(3)18-27(22(39)4)31-36-30-29(28(33)20-34-32(30)37-31)35-23-8-7-9-26(41)19-23/h7-13,18-20,41H,5-6,14-17H2,1-4H3,(H2,34,35,36,37). The zero-order chi connectivity index (χ0) is 28.9. The number of rotatable bonds is 12. The molecule has 0 radical (unpaired) electrons. The van der Waals surface area contributed by atoms with Gasteiger partial charge in [-0.25, -0.2) is 9.97 Å². The first-order valence-electron chi connectivity index (χ1n) is 14.1. The lowest BCUT2D eigenvalue weighted by Crippen LogP contribution is -2.30. The number of aryl methyl sites for hydroxylation is 1. The molecule has 0 unspecified atom stereocenters. The Morgan fingerprint density at radius 1 is 1.02 bits per heavy atom. The first-order valence-corrected chi connectivity index (χ1v) is 15.4. The second-order valence-electron chi connectivity index (χ2n) is 10.2. The number of aromatic nitrogens is 4. The third kappa shape index (κ3) is 6.63. The van der Waals surface area contributed by atoms with Crippen LogP contribution in [0.3, 0.4) is 0 Å². The van der Waals surface area contributed by atoms with Crippen molar-refractivity contribution in [1.82, 2.24) is 24.4 Å². The summed E-state index contributed by atoms with van der Waals surface area (Å²) in [5.74, 6) is 1.67. The van der Waals surface area contributed by atoms with Gasteiger partial charge in [-0.2, -0.15) is 0 Å². The van der Waals surface area contributed by atoms with E-state index in [1.807, 2.05) is 24.3 Å². The average Bonchev–Trinajstić information content (AvgIpc) is 3.51. The summed E-state index contributed by atoms with van der Waals surface area (Å²) in [5, 5.41) is 3.49. The quantitative estimate of drug-likeness (QED) is 0.121. The van der Waals surface area contributed by atoms with Gasteiger partial charge in [0.2, 0.25) is 0 Å². The molecular weight excluding hydrogens is 596 g/mol. The Morgan fingerprint density at radius 3 is 2.49 bits per heavy atom. The Kier molecular flexibility index (Phi) is 9.37. The van der Waals surface area contributed by atoms with Gasteiger partial charge < -0.3 is 19.6 Å². The molecule has 0 spiro atoms. The molecule has 2 aromatic carbocycles. The summed E-state index contributed by atoms with van der Waals surface area (Å²) in [6, 6.07) is 18.4. The van der Waals surface area contributed by atoms with Crippen molar-refractivity contribution in [3.05, 3.63) is 76.7 Å². The second kappa shape index (κ2) is 13.1. The zero-order valence-corrected chi connectivity index (χ0v) is 26.5. The largest absolute Gasteiger partial charge is 0.492 e. The van der Waals surface area contributed by atoms with Crippen LogP contribution < -0.4 is 10.1 Å². The highest BCUT2D eigenvalue weighted by Crippen LogP contribution is 2.35. The Hall–Kier alpha value is -3.27. The van der Waals surface area contributed by atoms with E-state index in [2.05, 4.69) is 111 Å². The molecule has 5 rings (SSSR count). The third-order valence-electron chi connectivity index (χ3n) is 7.13. The van der Waals surface area contributed by atoms with Crippen LogP contribution in [0.2, 0.25) is 0 Å². The van der Waals surface area contributed by atoms with Crippen molar-refractivity contribution in [1.29, 1.82) is 0 Å². The number of H-pyrrole nitrogens is 1. The molecule has 3 heterocycles. The molecule has 0 fully saturated rings. The SMILES string of the molecule is CCCN(CCC)CCOc1ccc(-n2c(C)cc(-c3nc4ncc(Br)c(Nc5cccc(S)c5)c4[nH]3)c2C)cc1. The van der Waals surface area contributed by atoms with E-state index in [0.717, 1.165) is 92.9 Å². The van der Waals surface area contributed by atoms with Crippen molar-refractivity contribution in [2.24, 2.45) is 0 Å². The highest BCUT2D eigenvalue weighted by Gasteiger charge is 2.18. The van der Waals surface area contributed by atoms with Crippen LogP contribution in [-0.4, -0.2) is 50.7 Å². The molecule has 0 aliphatic heterocycles. The minimum atomic E-state index is 0.649. The number of halogens is 1. The average molecular weight is 634 g/mol. The van der Waals surface area contributed by atoms with Crippen molar-refractivity contribution in [2.75, 3.05) is 31.6 Å². The van der Waals surface area contributed by atoms with Crippen LogP contribution in [0, 0.1) is 13.8 Å². The van der Waals surface area contributed by atoms with E-state index in [9.17, 15) is 0 Å². The highest BCUT2D eigenvalue weighted by atomic mass is 79.9. The van der Waals surface area contributed by atoms with E-state index >= 15 is 0 Å². The summed E-state index contributed by atoms with van der Waals surface area (Å²) in [7, 11) is 0. The molecule has 2 N–H and O–H groups in total. The number of hydrogen-bond donors (Lipinski definition) is 3. The van der Waals surface area contributed by atoms with Gasteiger partial charge in [0.15, 0.2) is 5.65 Å². The van der Waals surface area contributed by atoms with Crippen LogP contribution in [0.1, 0.15) is 38.1 Å². The van der Waals surface area contributed by atoms with Gasteiger partial charge in [-0.3, -0.25) is 4.90 Å². The fourth-order valence-electron chi connectivity index (χ4n) is 5.26. The predicted octanol–water partition coefficient (Wildman–Crippen LogP) is 8.33. The molecule has 0 atom stereocenters. The molecule has 3 aromatic heterocycles. The van der Waals surface area contributed by atoms with Gasteiger partial charge in [0, 0.05) is 46.0 Å². The summed E-state index contributed by atoms with van der Waals surface area (Å²) in [6.45, 7) is 12.6. The molecule has 7 nitrogen and oxygen atoms in total. The fourth-order valence-corrected chi connectivity index (χ4v) is 5.89. The van der Waals surface area contributed by atoms with Gasteiger partial charge in [0.05, 0.1) is 10.2 Å². The number of benzene rings is 2. The topological polar surface area (TPSA) is 71.0 Å². The highest BCUT2D eigenvalue weighted by molar-refractivity contribution is 9.10. The number of aromatic amines is 1. The van der Waals surface area contributed by atoms with E-state index in [0.29, 0.717) is 12.3 Å². The first kappa shape index (κ1) is 29.2. The summed E-state index contributed by atoms with van der Waals surface area (Å²) in [5.41, 5.74) is 7.64. The maximum absolute atomic E-state index is 6.07. The zero-order valence-electron chi connectivity index (χ0n) is 24.0. The molecule has 0 bridgehead atoms. The van der Waals surface area contributed by atoms with E-state index in [1.54, 1.807) is 6.20 Å². The van der Waals surface area contributed by atoms with E-state index < -0.39 is 0 Å². The van der Waals surface area contributed by atoms with Crippen molar-refractivity contribution < 1.29 is 4.74 Å². The van der Waals surface area contributed by atoms with E-state index in [-0.39, 0.29) is 0 Å². The number of nitrogens with one attached hydrogen (secondary N) is 2. The van der Waals surface area contributed by atoms with Crippen LogP contribution in [0.15, 0.2) is 70.2 Å². The van der Waals surface area contributed by atoms with Gasteiger partial charge in [-0.1, -0.05) is 19.9 Å². The maximum Gasteiger partial charge on any atom is 0.180 e. The molecule has 0 aliphatic carbocycles.